The fraction of sp³-hybridized carbons (Fsp3) is 0.192. The zero-order chi connectivity index (χ0) is 21.2. The van der Waals surface area contributed by atoms with E-state index in [1.54, 1.807) is 6.20 Å². The van der Waals surface area contributed by atoms with Gasteiger partial charge < -0.3 is 15.2 Å². The molecule has 3 aromatic rings. The highest BCUT2D eigenvalue weighted by atomic mass is 16.5. The number of amides is 1. The minimum atomic E-state index is -0.523. The molecular formula is C26H23N2O3. The lowest BCUT2D eigenvalue weighted by molar-refractivity contribution is 0.133. The third-order valence-corrected chi connectivity index (χ3v) is 5.96. The molecule has 1 aliphatic heterocycles. The number of hydrogen-bond donors (Lipinski definition) is 2. The Hall–Kier alpha value is -3.57. The summed E-state index contributed by atoms with van der Waals surface area (Å²) in [4.78, 5) is 12.5. The summed E-state index contributed by atoms with van der Waals surface area (Å²) in [6.45, 7) is 0.0720. The quantitative estimate of drug-likeness (QED) is 0.624. The van der Waals surface area contributed by atoms with Gasteiger partial charge in [0.05, 0.1) is 18.3 Å². The van der Waals surface area contributed by atoms with Gasteiger partial charge in [0.15, 0.2) is 0 Å². The predicted octanol–water partition coefficient (Wildman–Crippen LogP) is 4.57. The summed E-state index contributed by atoms with van der Waals surface area (Å²) in [5.41, 5.74) is 7.67. The van der Waals surface area contributed by atoms with Gasteiger partial charge >= 0.3 is 6.09 Å². The predicted molar refractivity (Wildman–Crippen MR) is 120 cm³/mol. The van der Waals surface area contributed by atoms with Gasteiger partial charge in [-0.05, 0) is 40.3 Å². The highest BCUT2D eigenvalue weighted by molar-refractivity contribution is 5.80. The van der Waals surface area contributed by atoms with Crippen LogP contribution in [0.5, 0.6) is 0 Å². The number of hydrogen-bond acceptors (Lipinski definition) is 3. The number of nitrogens with one attached hydrogen (secondary N) is 1. The van der Waals surface area contributed by atoms with Crippen LogP contribution in [0.1, 0.15) is 29.0 Å². The number of alkyl carbamates (subject to hydrolysis) is 1. The van der Waals surface area contributed by atoms with Crippen LogP contribution in [0.4, 0.5) is 10.5 Å². The number of ether oxygens (including phenoxy) is 1. The second-order valence-electron chi connectivity index (χ2n) is 7.85. The van der Waals surface area contributed by atoms with E-state index >= 15 is 0 Å². The van der Waals surface area contributed by atoms with Crippen molar-refractivity contribution in [3.63, 3.8) is 0 Å². The smallest absolute Gasteiger partial charge is 0.407 e. The largest absolute Gasteiger partial charge is 0.449 e. The molecule has 1 atom stereocenters. The van der Waals surface area contributed by atoms with Crippen molar-refractivity contribution in [3.05, 3.63) is 95.7 Å². The molecule has 0 fully saturated rings. The molecule has 0 bridgehead atoms. The van der Waals surface area contributed by atoms with Crippen LogP contribution >= 0.6 is 0 Å². The Balaban J connectivity index is 1.23. The van der Waals surface area contributed by atoms with Crippen LogP contribution in [0, 0.1) is 0 Å². The van der Waals surface area contributed by atoms with Gasteiger partial charge in [-0.1, -0.05) is 66.7 Å². The molecule has 2 N–H and O–H groups in total. The molecule has 5 heteroatoms. The van der Waals surface area contributed by atoms with Crippen LogP contribution in [-0.2, 0) is 4.74 Å². The lowest BCUT2D eigenvalue weighted by Crippen LogP contribution is -2.38. The van der Waals surface area contributed by atoms with E-state index in [-0.39, 0.29) is 19.1 Å². The fourth-order valence-corrected chi connectivity index (χ4v) is 4.47. The molecule has 1 heterocycles. The maximum Gasteiger partial charge on any atom is 0.407 e. The lowest BCUT2D eigenvalue weighted by atomic mass is 9.98. The number of para-hydroxylation sites is 1. The zero-order valence-corrected chi connectivity index (χ0v) is 17.0. The van der Waals surface area contributed by atoms with E-state index in [1.165, 1.54) is 22.3 Å². The van der Waals surface area contributed by atoms with E-state index in [4.69, 9.17) is 4.74 Å². The van der Waals surface area contributed by atoms with E-state index in [9.17, 15) is 9.90 Å². The molecule has 1 aliphatic carbocycles. The molecular weight excluding hydrogens is 388 g/mol. The number of carbonyl (C=O) groups excluding carboxylic acids is 1. The topological polar surface area (TPSA) is 72.7 Å². The van der Waals surface area contributed by atoms with E-state index in [2.05, 4.69) is 34.9 Å². The van der Waals surface area contributed by atoms with E-state index in [0.717, 1.165) is 16.8 Å². The van der Waals surface area contributed by atoms with Crippen LogP contribution in [0.25, 0.3) is 16.7 Å². The number of benzene rings is 3. The van der Waals surface area contributed by atoms with Crippen molar-refractivity contribution in [3.8, 4) is 11.1 Å². The average molecular weight is 411 g/mol. The average Bonchev–Trinajstić information content (AvgIpc) is 3.36. The molecule has 5 rings (SSSR count). The van der Waals surface area contributed by atoms with Crippen LogP contribution in [0.3, 0.4) is 0 Å². The maximum atomic E-state index is 12.5. The molecule has 0 saturated carbocycles. The van der Waals surface area contributed by atoms with Crippen molar-refractivity contribution in [2.75, 3.05) is 13.2 Å². The molecule has 3 aromatic carbocycles. The van der Waals surface area contributed by atoms with Crippen molar-refractivity contribution in [1.29, 1.82) is 0 Å². The summed E-state index contributed by atoms with van der Waals surface area (Å²) in [7, 11) is 0. The monoisotopic (exact) mass is 411 g/mol. The second kappa shape index (κ2) is 8.28. The maximum absolute atomic E-state index is 12.5. The zero-order valence-electron chi connectivity index (χ0n) is 17.0. The SMILES string of the molecule is O=C(N[C@H](CO)CC1=C[N]c2ccccc21)OCC1c2ccccc2-c2ccccc21. The van der Waals surface area contributed by atoms with Crippen molar-refractivity contribution < 1.29 is 14.6 Å². The number of carbonyl (C=O) groups is 1. The van der Waals surface area contributed by atoms with Gasteiger partial charge in [0, 0.05) is 17.7 Å². The summed E-state index contributed by atoms with van der Waals surface area (Å²) in [5.74, 6) is 0.00828. The second-order valence-corrected chi connectivity index (χ2v) is 7.85. The van der Waals surface area contributed by atoms with Crippen molar-refractivity contribution in [1.82, 2.24) is 10.6 Å². The van der Waals surface area contributed by atoms with Gasteiger partial charge in [0.2, 0.25) is 0 Å². The number of rotatable bonds is 6. The van der Waals surface area contributed by atoms with E-state index in [0.29, 0.717) is 6.42 Å². The number of aliphatic hydroxyl groups excluding tert-OH is 1. The first-order valence-corrected chi connectivity index (χ1v) is 10.5. The molecule has 0 saturated heterocycles. The highest BCUT2D eigenvalue weighted by Gasteiger charge is 2.29. The van der Waals surface area contributed by atoms with E-state index in [1.807, 2.05) is 48.5 Å². The molecule has 1 radical (unpaired) electrons. The Labute approximate surface area is 181 Å². The third kappa shape index (κ3) is 3.68. The minimum absolute atomic E-state index is 0.00828. The fourth-order valence-electron chi connectivity index (χ4n) is 4.47. The summed E-state index contributed by atoms with van der Waals surface area (Å²) in [5, 5.41) is 17.0. The van der Waals surface area contributed by atoms with Crippen LogP contribution < -0.4 is 10.6 Å². The normalized spacial score (nSPS) is 14.7. The summed E-state index contributed by atoms with van der Waals surface area (Å²) in [6, 6.07) is 23.9. The van der Waals surface area contributed by atoms with Crippen LogP contribution in [-0.4, -0.2) is 30.5 Å². The lowest BCUT2D eigenvalue weighted by Gasteiger charge is -2.19. The molecule has 0 aromatic heterocycles. The molecule has 0 spiro atoms. The molecule has 1 amide bonds. The van der Waals surface area contributed by atoms with Crippen molar-refractivity contribution in [2.24, 2.45) is 0 Å². The van der Waals surface area contributed by atoms with Crippen molar-refractivity contribution >= 4 is 17.4 Å². The van der Waals surface area contributed by atoms with Crippen LogP contribution in [0.2, 0.25) is 0 Å². The Morgan fingerprint density at radius 1 is 0.935 bits per heavy atom. The van der Waals surface area contributed by atoms with Crippen LogP contribution in [0.15, 0.2) is 79.0 Å². The Morgan fingerprint density at radius 3 is 2.23 bits per heavy atom. The Morgan fingerprint density at radius 2 is 1.55 bits per heavy atom. The van der Waals surface area contributed by atoms with Crippen molar-refractivity contribution in [2.45, 2.75) is 18.4 Å². The summed E-state index contributed by atoms with van der Waals surface area (Å²) < 4.78 is 5.60. The summed E-state index contributed by atoms with van der Waals surface area (Å²) >= 11 is 0. The molecule has 5 nitrogen and oxygen atoms in total. The number of aliphatic hydroxyl groups is 1. The molecule has 31 heavy (non-hydrogen) atoms. The van der Waals surface area contributed by atoms with Gasteiger partial charge in [-0.3, -0.25) is 5.32 Å². The van der Waals surface area contributed by atoms with Gasteiger partial charge in [-0.15, -0.1) is 0 Å². The van der Waals surface area contributed by atoms with Gasteiger partial charge in [0.1, 0.15) is 6.61 Å². The first-order chi connectivity index (χ1) is 15.2. The molecule has 0 unspecified atom stereocenters. The van der Waals surface area contributed by atoms with Gasteiger partial charge in [0.25, 0.3) is 0 Å². The number of fused-ring (bicyclic) bond motifs is 4. The Bertz CT molecular complexity index is 1110. The van der Waals surface area contributed by atoms with Gasteiger partial charge in [-0.2, -0.15) is 0 Å². The van der Waals surface area contributed by atoms with E-state index < -0.39 is 12.1 Å². The third-order valence-electron chi connectivity index (χ3n) is 5.96. The minimum Gasteiger partial charge on any atom is -0.449 e. The highest BCUT2D eigenvalue weighted by Crippen LogP contribution is 2.44. The standard InChI is InChI=1S/C26H23N2O3/c29-15-18(13-17-14-27-25-12-6-5-7-19(17)25)28-26(30)31-16-24-22-10-3-1-8-20(22)21-9-2-4-11-23(21)24/h1-12,14,18,24,29H,13,15-16H2,(H,28,30)/t18-/m0/s1. The molecule has 2 aliphatic rings. The van der Waals surface area contributed by atoms with Gasteiger partial charge in [-0.25, -0.2) is 4.79 Å². The molecule has 155 valence electrons. The summed E-state index contributed by atoms with van der Waals surface area (Å²) in [6.07, 6.45) is 1.76. The number of nitrogens with zero attached hydrogens (tertiary/aromatic N) is 1. The Kier molecular flexibility index (Phi) is 5.18. The first kappa shape index (κ1) is 19.4. The first-order valence-electron chi connectivity index (χ1n) is 10.5.